The van der Waals surface area contributed by atoms with E-state index in [1.807, 2.05) is 0 Å². The number of rotatable bonds is 7. The van der Waals surface area contributed by atoms with Crippen molar-refractivity contribution in [3.8, 4) is 29.0 Å². The number of alkyl halides is 2. The number of aliphatic hydroxyl groups is 1. The molecule has 0 aliphatic carbocycles. The number of aromatic nitrogens is 4. The van der Waals surface area contributed by atoms with Gasteiger partial charge in [-0.25, -0.2) is 18.7 Å². The van der Waals surface area contributed by atoms with Crippen molar-refractivity contribution >= 4 is 0 Å². The lowest BCUT2D eigenvalue weighted by Gasteiger charge is -2.14. The van der Waals surface area contributed by atoms with Gasteiger partial charge in [0.05, 0.1) is 25.5 Å². The fourth-order valence-electron chi connectivity index (χ4n) is 1.76. The summed E-state index contributed by atoms with van der Waals surface area (Å²) < 4.78 is 41.2. The molecular formula is C14H16F2N4O4. The minimum atomic E-state index is -3.36. The molecule has 0 spiro atoms. The van der Waals surface area contributed by atoms with Crippen molar-refractivity contribution in [1.82, 2.24) is 19.9 Å². The third kappa shape index (κ3) is 4.22. The summed E-state index contributed by atoms with van der Waals surface area (Å²) in [4.78, 5) is 16.1. The van der Waals surface area contributed by atoms with Crippen LogP contribution in [0.4, 0.5) is 8.78 Å². The van der Waals surface area contributed by atoms with Crippen molar-refractivity contribution in [3.63, 3.8) is 0 Å². The van der Waals surface area contributed by atoms with Gasteiger partial charge in [0, 0.05) is 12.3 Å². The molecule has 1 N–H and O–H groups in total. The molecule has 2 heterocycles. The molecule has 0 saturated carbocycles. The van der Waals surface area contributed by atoms with E-state index in [-0.39, 0.29) is 17.8 Å². The number of ether oxygens (including phenoxy) is 3. The smallest absolute Gasteiger partial charge is 0.319 e. The highest BCUT2D eigenvalue weighted by Crippen LogP contribution is 2.29. The van der Waals surface area contributed by atoms with Crippen LogP contribution < -0.4 is 14.2 Å². The lowest BCUT2D eigenvalue weighted by Crippen LogP contribution is -2.30. The number of hydrogen-bond acceptors (Lipinski definition) is 8. The number of methoxy groups -OCH3 is 2. The van der Waals surface area contributed by atoms with Gasteiger partial charge in [0.2, 0.25) is 11.8 Å². The van der Waals surface area contributed by atoms with Gasteiger partial charge in [-0.2, -0.15) is 9.97 Å². The van der Waals surface area contributed by atoms with Crippen LogP contribution >= 0.6 is 0 Å². The number of halogens is 2. The van der Waals surface area contributed by atoms with Crippen LogP contribution in [0.5, 0.6) is 17.8 Å². The Labute approximate surface area is 136 Å². The van der Waals surface area contributed by atoms with Crippen molar-refractivity contribution in [2.75, 3.05) is 27.4 Å². The van der Waals surface area contributed by atoms with E-state index >= 15 is 0 Å². The Morgan fingerprint density at radius 2 is 1.92 bits per heavy atom. The predicted octanol–water partition coefficient (Wildman–Crippen LogP) is 1.27. The Morgan fingerprint density at radius 1 is 1.17 bits per heavy atom. The van der Waals surface area contributed by atoms with Crippen LogP contribution in [0.1, 0.15) is 5.82 Å². The molecule has 0 aromatic carbocycles. The summed E-state index contributed by atoms with van der Waals surface area (Å²) in [6.45, 7) is -0.739. The van der Waals surface area contributed by atoms with E-state index < -0.39 is 19.1 Å². The lowest BCUT2D eigenvalue weighted by atomic mass is 10.2. The standard InChI is InChI=1S/C14H16F2N4O4/c1-8-18-10(4-11(19-8)24-7-14(15,16)6-21)9-5-17-13(23-3)20-12(9)22-2/h4-5,21H,6-7H2,1-3H3. The summed E-state index contributed by atoms with van der Waals surface area (Å²) in [5.41, 5.74) is 0.756. The topological polar surface area (TPSA) is 99.5 Å². The molecular weight excluding hydrogens is 326 g/mol. The highest BCUT2D eigenvalue weighted by molar-refractivity contribution is 5.64. The van der Waals surface area contributed by atoms with E-state index in [1.165, 1.54) is 26.5 Å². The van der Waals surface area contributed by atoms with Crippen LogP contribution in [0.3, 0.4) is 0 Å². The van der Waals surface area contributed by atoms with Crippen molar-refractivity contribution in [1.29, 1.82) is 0 Å². The molecule has 130 valence electrons. The molecule has 8 nitrogen and oxygen atoms in total. The van der Waals surface area contributed by atoms with Crippen molar-refractivity contribution in [2.24, 2.45) is 0 Å². The molecule has 0 unspecified atom stereocenters. The monoisotopic (exact) mass is 342 g/mol. The molecule has 0 atom stereocenters. The minimum Gasteiger partial charge on any atom is -0.480 e. The van der Waals surface area contributed by atoms with E-state index in [2.05, 4.69) is 19.9 Å². The fourth-order valence-corrected chi connectivity index (χ4v) is 1.76. The number of nitrogens with zero attached hydrogens (tertiary/aromatic N) is 4. The first-order valence-corrected chi connectivity index (χ1v) is 6.81. The van der Waals surface area contributed by atoms with Crippen LogP contribution in [0.2, 0.25) is 0 Å². The summed E-state index contributed by atoms with van der Waals surface area (Å²) in [7, 11) is 2.83. The molecule has 0 aliphatic heterocycles. The summed E-state index contributed by atoms with van der Waals surface area (Å²) in [6.07, 6.45) is 1.43. The maximum atomic E-state index is 13.1. The molecule has 0 aliphatic rings. The quantitative estimate of drug-likeness (QED) is 0.803. The number of aliphatic hydroxyl groups excluding tert-OH is 1. The molecule has 2 aromatic rings. The summed E-state index contributed by atoms with van der Waals surface area (Å²) >= 11 is 0. The first kappa shape index (κ1) is 17.7. The SMILES string of the molecule is COc1ncc(-c2cc(OCC(F)(F)CO)nc(C)n2)c(OC)n1. The van der Waals surface area contributed by atoms with Crippen LogP contribution in [0.15, 0.2) is 12.3 Å². The Hall–Kier alpha value is -2.62. The zero-order chi connectivity index (χ0) is 17.7. The van der Waals surface area contributed by atoms with Gasteiger partial charge in [-0.3, -0.25) is 0 Å². The average Bonchev–Trinajstić information content (AvgIpc) is 2.59. The third-order valence-electron chi connectivity index (χ3n) is 2.86. The molecule has 0 radical (unpaired) electrons. The van der Waals surface area contributed by atoms with Gasteiger partial charge in [-0.1, -0.05) is 0 Å². The number of hydrogen-bond donors (Lipinski definition) is 1. The second-order valence-electron chi connectivity index (χ2n) is 4.72. The maximum absolute atomic E-state index is 13.1. The van der Waals surface area contributed by atoms with E-state index in [0.29, 0.717) is 17.1 Å². The highest BCUT2D eigenvalue weighted by Gasteiger charge is 2.29. The van der Waals surface area contributed by atoms with E-state index in [9.17, 15) is 8.78 Å². The fraction of sp³-hybridized carbons (Fsp3) is 0.429. The molecule has 0 amide bonds. The largest absolute Gasteiger partial charge is 0.480 e. The van der Waals surface area contributed by atoms with Crippen LogP contribution in [0, 0.1) is 6.92 Å². The zero-order valence-corrected chi connectivity index (χ0v) is 13.3. The second-order valence-corrected chi connectivity index (χ2v) is 4.72. The normalized spacial score (nSPS) is 11.2. The van der Waals surface area contributed by atoms with Crippen molar-refractivity contribution in [3.05, 3.63) is 18.1 Å². The van der Waals surface area contributed by atoms with E-state index in [0.717, 1.165) is 0 Å². The minimum absolute atomic E-state index is 0.0662. The Kier molecular flexibility index (Phi) is 5.39. The van der Waals surface area contributed by atoms with Gasteiger partial charge in [0.15, 0.2) is 6.61 Å². The average molecular weight is 342 g/mol. The van der Waals surface area contributed by atoms with Gasteiger partial charge in [-0.15, -0.1) is 0 Å². The lowest BCUT2D eigenvalue weighted by molar-refractivity contribution is -0.0809. The Balaban J connectivity index is 2.35. The molecule has 2 rings (SSSR count). The third-order valence-corrected chi connectivity index (χ3v) is 2.86. The Bertz CT molecular complexity index is 715. The predicted molar refractivity (Wildman–Crippen MR) is 78.4 cm³/mol. The van der Waals surface area contributed by atoms with Crippen LogP contribution in [-0.4, -0.2) is 58.4 Å². The van der Waals surface area contributed by atoms with Crippen molar-refractivity contribution < 1.29 is 28.1 Å². The summed E-state index contributed by atoms with van der Waals surface area (Å²) in [6, 6.07) is 1.47. The summed E-state index contributed by atoms with van der Waals surface area (Å²) in [5, 5.41) is 8.57. The van der Waals surface area contributed by atoms with Gasteiger partial charge < -0.3 is 19.3 Å². The maximum Gasteiger partial charge on any atom is 0.319 e. The molecule has 0 saturated heterocycles. The van der Waals surface area contributed by atoms with Gasteiger partial charge in [-0.05, 0) is 6.92 Å². The Morgan fingerprint density at radius 3 is 2.54 bits per heavy atom. The van der Waals surface area contributed by atoms with Crippen molar-refractivity contribution in [2.45, 2.75) is 12.8 Å². The van der Waals surface area contributed by atoms with E-state index in [4.69, 9.17) is 19.3 Å². The molecule has 2 aromatic heterocycles. The molecule has 0 bridgehead atoms. The first-order chi connectivity index (χ1) is 11.4. The van der Waals surface area contributed by atoms with Crippen LogP contribution in [0.25, 0.3) is 11.3 Å². The first-order valence-electron chi connectivity index (χ1n) is 6.81. The van der Waals surface area contributed by atoms with Gasteiger partial charge in [0.1, 0.15) is 12.4 Å². The number of aryl methyl sites for hydroxylation is 1. The summed E-state index contributed by atoms with van der Waals surface area (Å²) in [5.74, 6) is -2.93. The molecule has 24 heavy (non-hydrogen) atoms. The van der Waals surface area contributed by atoms with Gasteiger partial charge in [0.25, 0.3) is 0 Å². The van der Waals surface area contributed by atoms with Gasteiger partial charge >= 0.3 is 11.9 Å². The highest BCUT2D eigenvalue weighted by atomic mass is 19.3. The molecule has 0 fully saturated rings. The van der Waals surface area contributed by atoms with E-state index in [1.54, 1.807) is 6.92 Å². The molecule has 10 heteroatoms. The second kappa shape index (κ2) is 7.30. The zero-order valence-electron chi connectivity index (χ0n) is 13.3. The van der Waals surface area contributed by atoms with Crippen LogP contribution in [-0.2, 0) is 0 Å².